The van der Waals surface area contributed by atoms with Gasteiger partial charge < -0.3 is 5.32 Å². The minimum Gasteiger partial charge on any atom is -0.302 e. The summed E-state index contributed by atoms with van der Waals surface area (Å²) in [6.07, 6.45) is 0. The van der Waals surface area contributed by atoms with Crippen LogP contribution in [-0.4, -0.2) is 15.9 Å². The topological polar surface area (TPSA) is 71.5 Å². The summed E-state index contributed by atoms with van der Waals surface area (Å²) in [7, 11) is 0. The molecule has 8 heteroatoms. The Kier molecular flexibility index (Phi) is 4.86. The summed E-state index contributed by atoms with van der Waals surface area (Å²) in [5.41, 5.74) is 2.87. The Hall–Kier alpha value is -1.61. The lowest BCUT2D eigenvalue weighted by Gasteiger charge is -1.96. The molecule has 23 heavy (non-hydrogen) atoms. The average Bonchev–Trinajstić information content (AvgIpc) is 3.07. The molecule has 0 fully saturated rings. The van der Waals surface area contributed by atoms with Gasteiger partial charge in [-0.3, -0.25) is 10.1 Å². The van der Waals surface area contributed by atoms with Crippen molar-refractivity contribution in [3.8, 4) is 10.6 Å². The number of quaternary nitrogens is 1. The third-order valence-corrected chi connectivity index (χ3v) is 5.41. The number of amides is 1. The van der Waals surface area contributed by atoms with Crippen molar-refractivity contribution in [2.24, 2.45) is 0 Å². The number of aryl methyl sites for hydroxylation is 1. The van der Waals surface area contributed by atoms with Crippen molar-refractivity contribution < 1.29 is 10.1 Å². The normalized spacial score (nSPS) is 10.7. The SMILES string of the molecule is CC(=O)Nc1nc(C)c(-c2csc([NH2+]c3ccc(Br)cc3)n2)s1. The number of nitrogens with zero attached hydrogens (tertiary/aromatic N) is 2. The zero-order chi connectivity index (χ0) is 16.4. The number of anilines is 1. The molecular formula is C15H14BrN4OS2+. The largest absolute Gasteiger partial charge is 0.302 e. The molecule has 0 atom stereocenters. The Morgan fingerprint density at radius 3 is 2.70 bits per heavy atom. The number of nitrogens with two attached hydrogens (primary N) is 1. The standard InChI is InChI=1S/C15H13BrN4OS2/c1-8-13(23-15(17-8)18-9(2)21)12-7-22-14(20-12)19-11-5-3-10(16)4-6-11/h3-7H,1-2H3,(H,19,20)(H,17,18,21)/p+1. The molecule has 0 aliphatic heterocycles. The molecule has 0 bridgehead atoms. The second-order valence-electron chi connectivity index (χ2n) is 4.88. The summed E-state index contributed by atoms with van der Waals surface area (Å²) in [5.74, 6) is -0.118. The maximum absolute atomic E-state index is 11.1. The van der Waals surface area contributed by atoms with Crippen molar-refractivity contribution in [2.75, 3.05) is 5.32 Å². The number of hydrogen-bond donors (Lipinski definition) is 2. The van der Waals surface area contributed by atoms with Crippen LogP contribution in [0.1, 0.15) is 12.6 Å². The lowest BCUT2D eigenvalue weighted by atomic mass is 10.3. The van der Waals surface area contributed by atoms with E-state index < -0.39 is 0 Å². The van der Waals surface area contributed by atoms with Gasteiger partial charge in [-0.05, 0) is 19.1 Å². The van der Waals surface area contributed by atoms with E-state index in [1.807, 2.05) is 41.9 Å². The van der Waals surface area contributed by atoms with Crippen LogP contribution in [0.2, 0.25) is 0 Å². The zero-order valence-corrected chi connectivity index (χ0v) is 15.7. The monoisotopic (exact) mass is 409 g/mol. The molecule has 3 N–H and O–H groups in total. The first-order valence-electron chi connectivity index (χ1n) is 6.82. The van der Waals surface area contributed by atoms with Crippen LogP contribution in [0.3, 0.4) is 0 Å². The quantitative estimate of drug-likeness (QED) is 0.643. The summed E-state index contributed by atoms with van der Waals surface area (Å²) in [4.78, 5) is 21.1. The van der Waals surface area contributed by atoms with E-state index in [9.17, 15) is 4.79 Å². The van der Waals surface area contributed by atoms with Crippen LogP contribution in [0.15, 0.2) is 34.1 Å². The summed E-state index contributed by atoms with van der Waals surface area (Å²) < 4.78 is 1.06. The Morgan fingerprint density at radius 2 is 2.00 bits per heavy atom. The molecule has 0 unspecified atom stereocenters. The number of carbonyl (C=O) groups excluding carboxylic acids is 1. The zero-order valence-electron chi connectivity index (χ0n) is 12.5. The van der Waals surface area contributed by atoms with Crippen molar-refractivity contribution in [3.63, 3.8) is 0 Å². The molecule has 3 rings (SSSR count). The highest BCUT2D eigenvalue weighted by Crippen LogP contribution is 2.33. The Morgan fingerprint density at radius 1 is 1.26 bits per heavy atom. The number of hydrogen-bond acceptors (Lipinski definition) is 5. The van der Waals surface area contributed by atoms with E-state index >= 15 is 0 Å². The molecule has 1 aromatic carbocycles. The van der Waals surface area contributed by atoms with Crippen LogP contribution in [-0.2, 0) is 4.79 Å². The maximum atomic E-state index is 11.1. The van der Waals surface area contributed by atoms with Crippen molar-refractivity contribution in [1.82, 2.24) is 9.97 Å². The van der Waals surface area contributed by atoms with Crippen LogP contribution in [0.4, 0.5) is 16.0 Å². The lowest BCUT2D eigenvalue weighted by Crippen LogP contribution is -2.70. The summed E-state index contributed by atoms with van der Waals surface area (Å²) >= 11 is 6.46. The number of halogens is 1. The third-order valence-electron chi connectivity index (χ3n) is 2.99. The predicted molar refractivity (Wildman–Crippen MR) is 97.7 cm³/mol. The van der Waals surface area contributed by atoms with Gasteiger partial charge in [0.25, 0.3) is 5.13 Å². The minimum atomic E-state index is -0.118. The molecule has 5 nitrogen and oxygen atoms in total. The van der Waals surface area contributed by atoms with Crippen LogP contribution >= 0.6 is 38.6 Å². The third kappa shape index (κ3) is 4.03. The van der Waals surface area contributed by atoms with Gasteiger partial charge in [0, 0.05) is 28.9 Å². The predicted octanol–water partition coefficient (Wildman–Crippen LogP) is 3.82. The molecular weight excluding hydrogens is 396 g/mol. The fourth-order valence-corrected chi connectivity index (χ4v) is 4.07. The van der Waals surface area contributed by atoms with Gasteiger partial charge in [-0.1, -0.05) is 38.6 Å². The molecule has 2 heterocycles. The molecule has 3 aromatic rings. The summed E-state index contributed by atoms with van der Waals surface area (Å²) in [5, 5.41) is 8.33. The van der Waals surface area contributed by atoms with E-state index in [0.717, 1.165) is 31.6 Å². The minimum absolute atomic E-state index is 0.118. The molecule has 2 aromatic heterocycles. The van der Waals surface area contributed by atoms with Gasteiger partial charge in [0.15, 0.2) is 5.13 Å². The number of carbonyl (C=O) groups is 1. The Labute approximate surface area is 149 Å². The first-order chi connectivity index (χ1) is 11.0. The second kappa shape index (κ2) is 6.88. The maximum Gasteiger partial charge on any atom is 0.288 e. The highest BCUT2D eigenvalue weighted by atomic mass is 79.9. The second-order valence-corrected chi connectivity index (χ2v) is 7.69. The first kappa shape index (κ1) is 16.3. The van der Waals surface area contributed by atoms with Crippen LogP contribution in [0.25, 0.3) is 10.6 Å². The van der Waals surface area contributed by atoms with E-state index in [1.54, 1.807) is 11.3 Å². The first-order valence-corrected chi connectivity index (χ1v) is 9.31. The van der Waals surface area contributed by atoms with Gasteiger partial charge in [-0.25, -0.2) is 4.98 Å². The highest BCUT2D eigenvalue weighted by Gasteiger charge is 2.15. The fraction of sp³-hybridized carbons (Fsp3) is 0.133. The van der Waals surface area contributed by atoms with Gasteiger partial charge in [-0.2, -0.15) is 4.98 Å². The number of rotatable bonds is 4. The van der Waals surface area contributed by atoms with E-state index in [1.165, 1.54) is 18.3 Å². The molecule has 0 aliphatic rings. The Balaban J connectivity index is 1.80. The van der Waals surface area contributed by atoms with Gasteiger partial charge >= 0.3 is 0 Å². The van der Waals surface area contributed by atoms with E-state index in [-0.39, 0.29) is 5.91 Å². The molecule has 1 amide bonds. The molecule has 0 saturated heterocycles. The van der Waals surface area contributed by atoms with Gasteiger partial charge in [-0.15, -0.1) is 0 Å². The van der Waals surface area contributed by atoms with E-state index in [0.29, 0.717) is 5.13 Å². The molecule has 118 valence electrons. The smallest absolute Gasteiger partial charge is 0.288 e. The Bertz CT molecular complexity index is 842. The number of nitrogens with one attached hydrogen (secondary N) is 1. The van der Waals surface area contributed by atoms with Crippen molar-refractivity contribution in [3.05, 3.63) is 39.8 Å². The number of thiazole rings is 2. The molecule has 0 saturated carbocycles. The van der Waals surface area contributed by atoms with E-state index in [2.05, 4.69) is 31.2 Å². The molecule has 0 aliphatic carbocycles. The van der Waals surface area contributed by atoms with Gasteiger partial charge in [0.05, 0.1) is 16.3 Å². The molecule has 0 radical (unpaired) electrons. The fourth-order valence-electron chi connectivity index (χ4n) is 2.00. The highest BCUT2D eigenvalue weighted by molar-refractivity contribution is 9.10. The van der Waals surface area contributed by atoms with Gasteiger partial charge in [0.2, 0.25) is 5.91 Å². The van der Waals surface area contributed by atoms with Crippen LogP contribution in [0.5, 0.6) is 0 Å². The van der Waals surface area contributed by atoms with Crippen molar-refractivity contribution >= 4 is 60.5 Å². The average molecular weight is 410 g/mol. The molecule has 0 spiro atoms. The number of benzene rings is 1. The number of aromatic nitrogens is 2. The van der Waals surface area contributed by atoms with Crippen LogP contribution < -0.4 is 10.6 Å². The summed E-state index contributed by atoms with van der Waals surface area (Å²) in [6, 6.07) is 8.09. The van der Waals surface area contributed by atoms with E-state index in [4.69, 9.17) is 0 Å². The summed E-state index contributed by atoms with van der Waals surface area (Å²) in [6.45, 7) is 3.40. The van der Waals surface area contributed by atoms with Crippen molar-refractivity contribution in [1.29, 1.82) is 0 Å². The van der Waals surface area contributed by atoms with Crippen molar-refractivity contribution in [2.45, 2.75) is 13.8 Å². The van der Waals surface area contributed by atoms with Crippen LogP contribution in [0, 0.1) is 6.92 Å². The van der Waals surface area contributed by atoms with Gasteiger partial charge in [0.1, 0.15) is 5.69 Å². The lowest BCUT2D eigenvalue weighted by molar-refractivity contribution is -0.478.